The molecule has 78 valence electrons. The van der Waals surface area contributed by atoms with Crippen LogP contribution in [0.1, 0.15) is 18.4 Å². The predicted molar refractivity (Wildman–Crippen MR) is 61.7 cm³/mol. The normalized spacial score (nSPS) is 17.5. The maximum Gasteiger partial charge on any atom is 0.0657 e. The van der Waals surface area contributed by atoms with E-state index < -0.39 is 0 Å². The van der Waals surface area contributed by atoms with E-state index in [1.54, 1.807) is 0 Å². The minimum atomic E-state index is 0.269. The zero-order valence-corrected chi connectivity index (χ0v) is 9.11. The predicted octanol–water partition coefficient (Wildman–Crippen LogP) is 2.74. The Labute approximate surface area is 91.1 Å². The van der Waals surface area contributed by atoms with Gasteiger partial charge in [-0.2, -0.15) is 5.26 Å². The van der Waals surface area contributed by atoms with Gasteiger partial charge in [0.25, 0.3) is 0 Å². The average molecular weight is 200 g/mol. The summed E-state index contributed by atoms with van der Waals surface area (Å²) in [5.41, 5.74) is 2.60. The summed E-state index contributed by atoms with van der Waals surface area (Å²) in [6.45, 7) is 4.15. The SMILES string of the molecule is Cc1cccc(N2CCC(C#N)CC2)c1. The maximum absolute atomic E-state index is 8.82. The number of hydrogen-bond donors (Lipinski definition) is 0. The standard InChI is InChI=1S/C13H16N2/c1-11-3-2-4-13(9-11)15-7-5-12(10-14)6-8-15/h2-4,9,12H,5-8H2,1H3. The van der Waals surface area contributed by atoms with Crippen LogP contribution in [-0.4, -0.2) is 13.1 Å². The number of piperidine rings is 1. The Morgan fingerprint density at radius 2 is 2.07 bits per heavy atom. The highest BCUT2D eigenvalue weighted by Gasteiger charge is 2.18. The highest BCUT2D eigenvalue weighted by atomic mass is 15.1. The third-order valence-corrected chi connectivity index (χ3v) is 3.04. The Morgan fingerprint density at radius 1 is 1.33 bits per heavy atom. The van der Waals surface area contributed by atoms with Crippen molar-refractivity contribution in [1.82, 2.24) is 0 Å². The van der Waals surface area contributed by atoms with Crippen molar-refractivity contribution in [2.24, 2.45) is 5.92 Å². The molecule has 15 heavy (non-hydrogen) atoms. The molecule has 0 aliphatic carbocycles. The van der Waals surface area contributed by atoms with Crippen LogP contribution in [0.4, 0.5) is 5.69 Å². The number of benzene rings is 1. The molecule has 2 rings (SSSR count). The molecule has 0 aromatic heterocycles. The second-order valence-corrected chi connectivity index (χ2v) is 4.23. The summed E-state index contributed by atoms with van der Waals surface area (Å²) in [6.07, 6.45) is 2.01. The lowest BCUT2D eigenvalue weighted by atomic mass is 9.98. The second kappa shape index (κ2) is 4.35. The van der Waals surface area contributed by atoms with Crippen molar-refractivity contribution in [1.29, 1.82) is 5.26 Å². The molecule has 1 fully saturated rings. The minimum Gasteiger partial charge on any atom is -0.371 e. The summed E-state index contributed by atoms with van der Waals surface area (Å²) in [4.78, 5) is 2.38. The fourth-order valence-electron chi connectivity index (χ4n) is 2.09. The van der Waals surface area contributed by atoms with E-state index in [-0.39, 0.29) is 5.92 Å². The lowest BCUT2D eigenvalue weighted by Crippen LogP contribution is -2.33. The van der Waals surface area contributed by atoms with Crippen LogP contribution in [0.3, 0.4) is 0 Å². The fraction of sp³-hybridized carbons (Fsp3) is 0.462. The highest BCUT2D eigenvalue weighted by molar-refractivity contribution is 5.48. The summed E-state index contributed by atoms with van der Waals surface area (Å²) in [7, 11) is 0. The molecule has 2 heteroatoms. The van der Waals surface area contributed by atoms with Crippen molar-refractivity contribution in [2.45, 2.75) is 19.8 Å². The van der Waals surface area contributed by atoms with E-state index in [2.05, 4.69) is 42.2 Å². The van der Waals surface area contributed by atoms with E-state index >= 15 is 0 Å². The monoisotopic (exact) mass is 200 g/mol. The van der Waals surface area contributed by atoms with Crippen LogP contribution in [0.2, 0.25) is 0 Å². The summed E-state index contributed by atoms with van der Waals surface area (Å²) < 4.78 is 0. The summed E-state index contributed by atoms with van der Waals surface area (Å²) in [5.74, 6) is 0.269. The molecule has 0 N–H and O–H groups in total. The maximum atomic E-state index is 8.82. The molecule has 1 aliphatic heterocycles. The van der Waals surface area contributed by atoms with Crippen LogP contribution in [0.15, 0.2) is 24.3 Å². The van der Waals surface area contributed by atoms with Gasteiger partial charge in [0, 0.05) is 24.7 Å². The molecule has 1 aliphatic rings. The second-order valence-electron chi connectivity index (χ2n) is 4.23. The Morgan fingerprint density at radius 3 is 2.67 bits per heavy atom. The van der Waals surface area contributed by atoms with Gasteiger partial charge in [-0.05, 0) is 37.5 Å². The zero-order chi connectivity index (χ0) is 10.7. The summed E-state index contributed by atoms with van der Waals surface area (Å²) in [6, 6.07) is 10.9. The van der Waals surface area contributed by atoms with Gasteiger partial charge in [-0.1, -0.05) is 12.1 Å². The first-order valence-electron chi connectivity index (χ1n) is 5.51. The van der Waals surface area contributed by atoms with Crippen LogP contribution in [0.5, 0.6) is 0 Å². The molecule has 1 aromatic carbocycles. The van der Waals surface area contributed by atoms with E-state index in [1.165, 1.54) is 11.3 Å². The summed E-state index contributed by atoms with van der Waals surface area (Å²) in [5, 5.41) is 8.82. The molecule has 0 saturated carbocycles. The van der Waals surface area contributed by atoms with Gasteiger partial charge in [0.1, 0.15) is 0 Å². The van der Waals surface area contributed by atoms with Gasteiger partial charge in [-0.15, -0.1) is 0 Å². The Hall–Kier alpha value is -1.49. The molecule has 0 atom stereocenters. The zero-order valence-electron chi connectivity index (χ0n) is 9.11. The molecule has 1 aromatic rings. The number of nitrogens with zero attached hydrogens (tertiary/aromatic N) is 2. The topological polar surface area (TPSA) is 27.0 Å². The van der Waals surface area contributed by atoms with Crippen molar-refractivity contribution in [3.8, 4) is 6.07 Å². The van der Waals surface area contributed by atoms with Gasteiger partial charge >= 0.3 is 0 Å². The first-order chi connectivity index (χ1) is 7.29. The van der Waals surface area contributed by atoms with Gasteiger partial charge in [0.05, 0.1) is 6.07 Å². The van der Waals surface area contributed by atoms with Crippen molar-refractivity contribution in [2.75, 3.05) is 18.0 Å². The molecule has 0 radical (unpaired) electrons. The number of aryl methyl sites for hydroxylation is 1. The molecule has 0 bridgehead atoms. The molecule has 0 amide bonds. The first kappa shape index (κ1) is 10.0. The number of hydrogen-bond acceptors (Lipinski definition) is 2. The smallest absolute Gasteiger partial charge is 0.0657 e. The number of nitriles is 1. The van der Waals surface area contributed by atoms with Crippen molar-refractivity contribution < 1.29 is 0 Å². The van der Waals surface area contributed by atoms with E-state index in [4.69, 9.17) is 5.26 Å². The Balaban J connectivity index is 2.05. The number of anilines is 1. The third kappa shape index (κ3) is 2.30. The van der Waals surface area contributed by atoms with Gasteiger partial charge in [-0.3, -0.25) is 0 Å². The molecular formula is C13H16N2. The van der Waals surface area contributed by atoms with Crippen LogP contribution in [0, 0.1) is 24.2 Å². The lowest BCUT2D eigenvalue weighted by molar-refractivity contribution is 0.488. The van der Waals surface area contributed by atoms with E-state index in [1.807, 2.05) is 0 Å². The van der Waals surface area contributed by atoms with Crippen LogP contribution < -0.4 is 4.90 Å². The first-order valence-corrected chi connectivity index (χ1v) is 5.51. The molecule has 2 nitrogen and oxygen atoms in total. The van der Waals surface area contributed by atoms with Gasteiger partial charge in [0.2, 0.25) is 0 Å². The Bertz CT molecular complexity index is 370. The number of rotatable bonds is 1. The van der Waals surface area contributed by atoms with Crippen LogP contribution in [0.25, 0.3) is 0 Å². The molecule has 1 saturated heterocycles. The minimum absolute atomic E-state index is 0.269. The quantitative estimate of drug-likeness (QED) is 0.697. The molecule has 1 heterocycles. The molecule has 0 spiro atoms. The van der Waals surface area contributed by atoms with E-state index in [9.17, 15) is 0 Å². The third-order valence-electron chi connectivity index (χ3n) is 3.04. The van der Waals surface area contributed by atoms with Crippen molar-refractivity contribution >= 4 is 5.69 Å². The van der Waals surface area contributed by atoms with Gasteiger partial charge in [-0.25, -0.2) is 0 Å². The van der Waals surface area contributed by atoms with Gasteiger partial charge in [0.15, 0.2) is 0 Å². The van der Waals surface area contributed by atoms with Crippen LogP contribution in [-0.2, 0) is 0 Å². The van der Waals surface area contributed by atoms with Crippen molar-refractivity contribution in [3.05, 3.63) is 29.8 Å². The molecule has 0 unspecified atom stereocenters. The summed E-state index contributed by atoms with van der Waals surface area (Å²) >= 11 is 0. The van der Waals surface area contributed by atoms with E-state index in [0.29, 0.717) is 0 Å². The van der Waals surface area contributed by atoms with Crippen LogP contribution >= 0.6 is 0 Å². The van der Waals surface area contributed by atoms with Gasteiger partial charge < -0.3 is 4.90 Å². The van der Waals surface area contributed by atoms with Crippen molar-refractivity contribution in [3.63, 3.8) is 0 Å². The fourth-order valence-corrected chi connectivity index (χ4v) is 2.09. The lowest BCUT2D eigenvalue weighted by Gasteiger charge is -2.31. The highest BCUT2D eigenvalue weighted by Crippen LogP contribution is 2.23. The molecular weight excluding hydrogens is 184 g/mol. The largest absolute Gasteiger partial charge is 0.371 e. The average Bonchev–Trinajstić information content (AvgIpc) is 2.29. The Kier molecular flexibility index (Phi) is 2.91. The van der Waals surface area contributed by atoms with E-state index in [0.717, 1.165) is 25.9 Å².